The van der Waals surface area contributed by atoms with Crippen molar-refractivity contribution in [2.45, 2.75) is 77.7 Å². The molecule has 0 bridgehead atoms. The van der Waals surface area contributed by atoms with Gasteiger partial charge in [0.2, 0.25) is 0 Å². The summed E-state index contributed by atoms with van der Waals surface area (Å²) in [7, 11) is 2.11. The van der Waals surface area contributed by atoms with E-state index in [1.54, 1.807) is 4.88 Å². The topological polar surface area (TPSA) is 12.0 Å². The van der Waals surface area contributed by atoms with Crippen LogP contribution in [0.15, 0.2) is 12.1 Å². The Morgan fingerprint density at radius 3 is 2.32 bits per heavy atom. The van der Waals surface area contributed by atoms with Crippen molar-refractivity contribution in [1.29, 1.82) is 0 Å². The number of unbranched alkanes of at least 4 members (excludes halogenated alkanes) is 5. The molecule has 0 aromatic carbocycles. The summed E-state index contributed by atoms with van der Waals surface area (Å²) in [6, 6.07) is 5.27. The van der Waals surface area contributed by atoms with Gasteiger partial charge in [-0.25, -0.2) is 0 Å². The van der Waals surface area contributed by atoms with Gasteiger partial charge in [0, 0.05) is 15.8 Å². The lowest BCUT2D eigenvalue weighted by Crippen LogP contribution is -2.27. The van der Waals surface area contributed by atoms with E-state index in [9.17, 15) is 0 Å². The molecule has 2 heteroatoms. The predicted molar refractivity (Wildman–Crippen MR) is 88.2 cm³/mol. The van der Waals surface area contributed by atoms with Crippen molar-refractivity contribution in [3.63, 3.8) is 0 Å². The largest absolute Gasteiger partial charge is 0.317 e. The standard InChI is InChI=1S/C17H31NS/c1-4-6-7-8-9-10-11-15(18-3)14-17-13-12-16(5-2)19-17/h12-13,15,18H,4-11,14H2,1-3H3. The molecule has 0 aliphatic rings. The van der Waals surface area contributed by atoms with Crippen LogP contribution in [-0.2, 0) is 12.8 Å². The van der Waals surface area contributed by atoms with Gasteiger partial charge in [-0.1, -0.05) is 52.4 Å². The summed E-state index contributed by atoms with van der Waals surface area (Å²) in [5, 5.41) is 3.49. The minimum atomic E-state index is 0.662. The number of likely N-dealkylation sites (N-methyl/N-ethyl adjacent to an activating group) is 1. The zero-order valence-electron chi connectivity index (χ0n) is 13.0. The molecule has 0 saturated heterocycles. The molecule has 1 nitrogen and oxygen atoms in total. The van der Waals surface area contributed by atoms with Crippen LogP contribution in [-0.4, -0.2) is 13.1 Å². The van der Waals surface area contributed by atoms with Crippen LogP contribution in [0.3, 0.4) is 0 Å². The summed E-state index contributed by atoms with van der Waals surface area (Å²) in [4.78, 5) is 3.06. The average molecular weight is 282 g/mol. The summed E-state index contributed by atoms with van der Waals surface area (Å²) in [5.74, 6) is 0. The lowest BCUT2D eigenvalue weighted by molar-refractivity contribution is 0.482. The van der Waals surface area contributed by atoms with E-state index in [-0.39, 0.29) is 0 Å². The van der Waals surface area contributed by atoms with Crippen molar-refractivity contribution < 1.29 is 0 Å². The third-order valence-corrected chi connectivity index (χ3v) is 5.08. The number of hydrogen-bond acceptors (Lipinski definition) is 2. The molecule has 0 spiro atoms. The lowest BCUT2D eigenvalue weighted by Gasteiger charge is -2.15. The summed E-state index contributed by atoms with van der Waals surface area (Å²) < 4.78 is 0. The minimum Gasteiger partial charge on any atom is -0.317 e. The van der Waals surface area contributed by atoms with Gasteiger partial charge in [0.25, 0.3) is 0 Å². The molecule has 0 aliphatic carbocycles. The molecule has 19 heavy (non-hydrogen) atoms. The second-order valence-electron chi connectivity index (χ2n) is 5.47. The Balaban J connectivity index is 2.18. The Morgan fingerprint density at radius 1 is 1.00 bits per heavy atom. The van der Waals surface area contributed by atoms with E-state index < -0.39 is 0 Å². The predicted octanol–water partition coefficient (Wildman–Crippen LogP) is 5.19. The third kappa shape index (κ3) is 7.12. The van der Waals surface area contributed by atoms with Crippen molar-refractivity contribution in [2.75, 3.05) is 7.05 Å². The smallest absolute Gasteiger partial charge is 0.0112 e. The molecule has 0 radical (unpaired) electrons. The Labute approximate surface area is 123 Å². The monoisotopic (exact) mass is 281 g/mol. The van der Waals surface area contributed by atoms with E-state index >= 15 is 0 Å². The third-order valence-electron chi connectivity index (χ3n) is 3.83. The van der Waals surface area contributed by atoms with E-state index in [1.165, 1.54) is 62.7 Å². The molecule has 1 atom stereocenters. The fourth-order valence-corrected chi connectivity index (χ4v) is 3.52. The fourth-order valence-electron chi connectivity index (χ4n) is 2.48. The van der Waals surface area contributed by atoms with Gasteiger partial charge in [0.05, 0.1) is 0 Å². The molecular weight excluding hydrogens is 250 g/mol. The molecule has 1 unspecified atom stereocenters. The van der Waals surface area contributed by atoms with Crippen LogP contribution in [0.25, 0.3) is 0 Å². The first-order chi connectivity index (χ1) is 9.30. The summed E-state index contributed by atoms with van der Waals surface area (Å²) >= 11 is 1.99. The fraction of sp³-hybridized carbons (Fsp3) is 0.765. The van der Waals surface area contributed by atoms with Gasteiger partial charge in [-0.05, 0) is 38.4 Å². The molecule has 1 N–H and O–H groups in total. The molecule has 1 aromatic heterocycles. The number of thiophene rings is 1. The van der Waals surface area contributed by atoms with Crippen molar-refractivity contribution >= 4 is 11.3 Å². The van der Waals surface area contributed by atoms with Crippen LogP contribution in [0.4, 0.5) is 0 Å². The van der Waals surface area contributed by atoms with E-state index in [4.69, 9.17) is 0 Å². The van der Waals surface area contributed by atoms with Gasteiger partial charge in [0.15, 0.2) is 0 Å². The van der Waals surface area contributed by atoms with Gasteiger partial charge in [0.1, 0.15) is 0 Å². The molecular formula is C17H31NS. The molecule has 0 saturated carbocycles. The highest BCUT2D eigenvalue weighted by Gasteiger charge is 2.08. The van der Waals surface area contributed by atoms with E-state index in [0.29, 0.717) is 6.04 Å². The zero-order chi connectivity index (χ0) is 13.9. The van der Waals surface area contributed by atoms with Crippen LogP contribution >= 0.6 is 11.3 Å². The van der Waals surface area contributed by atoms with Gasteiger partial charge in [-0.2, -0.15) is 0 Å². The van der Waals surface area contributed by atoms with Crippen molar-refractivity contribution in [3.05, 3.63) is 21.9 Å². The van der Waals surface area contributed by atoms with Crippen molar-refractivity contribution in [3.8, 4) is 0 Å². The molecule has 0 fully saturated rings. The van der Waals surface area contributed by atoms with Gasteiger partial charge in [-0.3, -0.25) is 0 Å². The molecule has 1 heterocycles. The second kappa shape index (κ2) is 10.4. The molecule has 1 rings (SSSR count). The summed E-state index contributed by atoms with van der Waals surface area (Å²) in [6.07, 6.45) is 12.1. The SMILES string of the molecule is CCCCCCCCC(Cc1ccc(CC)s1)NC. The number of aryl methyl sites for hydroxylation is 1. The van der Waals surface area contributed by atoms with Crippen LogP contribution in [0.5, 0.6) is 0 Å². The highest BCUT2D eigenvalue weighted by molar-refractivity contribution is 7.11. The van der Waals surface area contributed by atoms with E-state index in [0.717, 1.165) is 0 Å². The molecule has 0 amide bonds. The first kappa shape index (κ1) is 16.7. The van der Waals surface area contributed by atoms with E-state index in [1.807, 2.05) is 11.3 Å². The maximum atomic E-state index is 3.49. The minimum absolute atomic E-state index is 0.662. The lowest BCUT2D eigenvalue weighted by atomic mass is 10.0. The van der Waals surface area contributed by atoms with Gasteiger partial charge in [-0.15, -0.1) is 11.3 Å². The maximum Gasteiger partial charge on any atom is 0.0112 e. The number of nitrogens with one attached hydrogen (secondary N) is 1. The number of rotatable bonds is 11. The zero-order valence-corrected chi connectivity index (χ0v) is 13.8. The van der Waals surface area contributed by atoms with Crippen LogP contribution in [0.1, 0.15) is 68.5 Å². The highest BCUT2D eigenvalue weighted by Crippen LogP contribution is 2.20. The van der Waals surface area contributed by atoms with E-state index in [2.05, 4.69) is 38.3 Å². The molecule has 0 aliphatic heterocycles. The van der Waals surface area contributed by atoms with Crippen LogP contribution < -0.4 is 5.32 Å². The first-order valence-corrected chi connectivity index (χ1v) is 8.86. The van der Waals surface area contributed by atoms with Gasteiger partial charge >= 0.3 is 0 Å². The summed E-state index contributed by atoms with van der Waals surface area (Å²) in [6.45, 7) is 4.52. The summed E-state index contributed by atoms with van der Waals surface area (Å²) in [5.41, 5.74) is 0. The number of hydrogen-bond donors (Lipinski definition) is 1. The first-order valence-electron chi connectivity index (χ1n) is 8.05. The quantitative estimate of drug-likeness (QED) is 0.550. The van der Waals surface area contributed by atoms with Crippen LogP contribution in [0, 0.1) is 0 Å². The van der Waals surface area contributed by atoms with Crippen LogP contribution in [0.2, 0.25) is 0 Å². The van der Waals surface area contributed by atoms with Crippen molar-refractivity contribution in [1.82, 2.24) is 5.32 Å². The Morgan fingerprint density at radius 2 is 1.68 bits per heavy atom. The molecule has 1 aromatic rings. The highest BCUT2D eigenvalue weighted by atomic mass is 32.1. The van der Waals surface area contributed by atoms with Crippen molar-refractivity contribution in [2.24, 2.45) is 0 Å². The Bertz CT molecular complexity index is 319. The Kier molecular flexibility index (Phi) is 9.19. The molecule has 110 valence electrons. The van der Waals surface area contributed by atoms with Gasteiger partial charge < -0.3 is 5.32 Å². The second-order valence-corrected chi connectivity index (χ2v) is 6.72. The Hall–Kier alpha value is -0.340. The normalized spacial score (nSPS) is 12.8. The maximum absolute atomic E-state index is 3.49. The average Bonchev–Trinajstić information content (AvgIpc) is 2.89.